The van der Waals surface area contributed by atoms with E-state index < -0.39 is 10.0 Å². The van der Waals surface area contributed by atoms with E-state index in [9.17, 15) is 13.2 Å². The number of anilines is 1. The van der Waals surface area contributed by atoms with E-state index in [1.807, 2.05) is 30.3 Å². The lowest BCUT2D eigenvalue weighted by Crippen LogP contribution is -2.43. The zero-order chi connectivity index (χ0) is 19.7. The first-order valence-corrected chi connectivity index (χ1v) is 10.6. The van der Waals surface area contributed by atoms with Gasteiger partial charge in [0.1, 0.15) is 0 Å². The second-order valence-corrected chi connectivity index (χ2v) is 8.90. The Morgan fingerprint density at radius 3 is 2.82 bits per heavy atom. The van der Waals surface area contributed by atoms with Gasteiger partial charge in [-0.1, -0.05) is 30.3 Å². The van der Waals surface area contributed by atoms with Gasteiger partial charge in [0.25, 0.3) is 0 Å². The molecule has 2 heterocycles. The summed E-state index contributed by atoms with van der Waals surface area (Å²) in [5, 5.41) is 1.34. The van der Waals surface area contributed by atoms with Crippen LogP contribution in [-0.4, -0.2) is 43.8 Å². The summed E-state index contributed by atoms with van der Waals surface area (Å²) in [5.74, 6) is -0.222. The van der Waals surface area contributed by atoms with E-state index in [-0.39, 0.29) is 17.3 Å². The van der Waals surface area contributed by atoms with Crippen LogP contribution in [0.3, 0.4) is 0 Å². The van der Waals surface area contributed by atoms with Crippen molar-refractivity contribution in [1.29, 1.82) is 0 Å². The molecule has 1 amide bonds. The van der Waals surface area contributed by atoms with Crippen LogP contribution >= 0.6 is 0 Å². The molecule has 0 bridgehead atoms. The summed E-state index contributed by atoms with van der Waals surface area (Å²) in [5.41, 5.74) is 2.00. The molecule has 0 aliphatic carbocycles. The molecule has 0 spiro atoms. The highest BCUT2D eigenvalue weighted by molar-refractivity contribution is 7.89. The molecule has 0 saturated carbocycles. The van der Waals surface area contributed by atoms with Crippen molar-refractivity contribution in [3.05, 3.63) is 66.5 Å². The van der Waals surface area contributed by atoms with E-state index in [2.05, 4.69) is 4.98 Å². The second kappa shape index (κ2) is 7.33. The molecule has 144 valence electrons. The third-order valence-corrected chi connectivity index (χ3v) is 6.96. The van der Waals surface area contributed by atoms with Gasteiger partial charge in [0.15, 0.2) is 0 Å². The van der Waals surface area contributed by atoms with Gasteiger partial charge in [0.2, 0.25) is 15.9 Å². The number of amides is 1. The molecule has 0 N–H and O–H groups in total. The maximum atomic E-state index is 13.1. The van der Waals surface area contributed by atoms with Crippen LogP contribution < -0.4 is 4.90 Å². The normalized spacial score (nSPS) is 14.3. The van der Waals surface area contributed by atoms with Gasteiger partial charge in [0, 0.05) is 42.4 Å². The van der Waals surface area contributed by atoms with E-state index in [4.69, 9.17) is 0 Å². The van der Waals surface area contributed by atoms with Crippen LogP contribution in [0.5, 0.6) is 0 Å². The SMILES string of the molecule is CN(CC(=O)N1CCCc2ccccc21)S(=O)(=O)c1cccc2cnccc12. The molecule has 2 aromatic carbocycles. The number of carbonyl (C=O) groups is 1. The van der Waals surface area contributed by atoms with Crippen molar-refractivity contribution in [2.45, 2.75) is 17.7 Å². The van der Waals surface area contributed by atoms with Crippen LogP contribution in [0.4, 0.5) is 5.69 Å². The van der Waals surface area contributed by atoms with Gasteiger partial charge < -0.3 is 4.90 Å². The third kappa shape index (κ3) is 3.27. The Labute approximate surface area is 164 Å². The van der Waals surface area contributed by atoms with Crippen molar-refractivity contribution < 1.29 is 13.2 Å². The Morgan fingerprint density at radius 1 is 1.14 bits per heavy atom. The van der Waals surface area contributed by atoms with Gasteiger partial charge in [-0.3, -0.25) is 9.78 Å². The molecule has 0 atom stereocenters. The Balaban J connectivity index is 1.61. The molecule has 6 nitrogen and oxygen atoms in total. The van der Waals surface area contributed by atoms with Crippen molar-refractivity contribution in [1.82, 2.24) is 9.29 Å². The topological polar surface area (TPSA) is 70.6 Å². The number of aryl methyl sites for hydroxylation is 1. The first kappa shape index (κ1) is 18.6. The molecular weight excluding hydrogens is 374 g/mol. The molecule has 0 saturated heterocycles. The van der Waals surface area contributed by atoms with E-state index in [1.165, 1.54) is 7.05 Å². The fourth-order valence-corrected chi connectivity index (χ4v) is 4.97. The molecule has 0 unspecified atom stereocenters. The van der Waals surface area contributed by atoms with Gasteiger partial charge in [0.05, 0.1) is 11.4 Å². The number of para-hydroxylation sites is 1. The third-order valence-electron chi connectivity index (χ3n) is 5.10. The molecule has 4 rings (SSSR count). The minimum absolute atomic E-state index is 0.182. The summed E-state index contributed by atoms with van der Waals surface area (Å²) in [6, 6.07) is 14.5. The number of benzene rings is 2. The lowest BCUT2D eigenvalue weighted by molar-refractivity contribution is -0.118. The number of aromatic nitrogens is 1. The highest BCUT2D eigenvalue weighted by Crippen LogP contribution is 2.28. The molecule has 0 fully saturated rings. The molecule has 1 aliphatic rings. The average Bonchev–Trinajstić information content (AvgIpc) is 2.72. The predicted octanol–water partition coefficient (Wildman–Crippen LogP) is 2.83. The predicted molar refractivity (Wildman–Crippen MR) is 109 cm³/mol. The zero-order valence-corrected chi connectivity index (χ0v) is 16.4. The largest absolute Gasteiger partial charge is 0.311 e. The van der Waals surface area contributed by atoms with Crippen LogP contribution in [0.2, 0.25) is 0 Å². The molecular formula is C21H21N3O3S. The fraction of sp³-hybridized carbons (Fsp3) is 0.238. The fourth-order valence-electron chi connectivity index (χ4n) is 3.64. The van der Waals surface area contributed by atoms with Gasteiger partial charge in [-0.2, -0.15) is 4.31 Å². The molecule has 7 heteroatoms. The Bertz CT molecular complexity index is 1140. The number of rotatable bonds is 4. The minimum atomic E-state index is -3.82. The minimum Gasteiger partial charge on any atom is -0.311 e. The number of nitrogens with zero attached hydrogens (tertiary/aromatic N) is 3. The second-order valence-electron chi connectivity index (χ2n) is 6.89. The van der Waals surface area contributed by atoms with Crippen molar-refractivity contribution in [3.8, 4) is 0 Å². The Kier molecular flexibility index (Phi) is 4.87. The molecule has 0 radical (unpaired) electrons. The van der Waals surface area contributed by atoms with Crippen molar-refractivity contribution >= 4 is 32.4 Å². The van der Waals surface area contributed by atoms with E-state index in [0.29, 0.717) is 11.9 Å². The summed E-state index contributed by atoms with van der Waals surface area (Å²) in [4.78, 5) is 18.8. The number of pyridine rings is 1. The van der Waals surface area contributed by atoms with Gasteiger partial charge in [-0.25, -0.2) is 8.42 Å². The summed E-state index contributed by atoms with van der Waals surface area (Å²) in [6.45, 7) is 0.391. The number of sulfonamides is 1. The maximum absolute atomic E-state index is 13.1. The first-order chi connectivity index (χ1) is 13.5. The quantitative estimate of drug-likeness (QED) is 0.681. The van der Waals surface area contributed by atoms with Crippen molar-refractivity contribution in [3.63, 3.8) is 0 Å². The standard InChI is InChI=1S/C21H21N3O3S/c1-23(15-21(25)24-13-5-8-16-6-2-3-9-19(16)24)28(26,27)20-10-4-7-17-14-22-12-11-18(17)20/h2-4,6-7,9-12,14H,5,8,13,15H2,1H3. The number of carbonyl (C=O) groups excluding carboxylic acids is 1. The summed E-state index contributed by atoms with van der Waals surface area (Å²) in [7, 11) is -2.37. The number of hydrogen-bond acceptors (Lipinski definition) is 4. The molecule has 1 aromatic heterocycles. The summed E-state index contributed by atoms with van der Waals surface area (Å²) in [6.07, 6.45) is 5.00. The van der Waals surface area contributed by atoms with Gasteiger partial charge in [-0.05, 0) is 36.6 Å². The van der Waals surface area contributed by atoms with E-state index in [1.54, 1.807) is 35.5 Å². The number of hydrogen-bond donors (Lipinski definition) is 0. The Hall–Kier alpha value is -2.77. The molecule has 3 aromatic rings. The smallest absolute Gasteiger partial charge is 0.243 e. The van der Waals surface area contributed by atoms with Crippen LogP contribution in [0.15, 0.2) is 65.8 Å². The average molecular weight is 395 g/mol. The van der Waals surface area contributed by atoms with Crippen molar-refractivity contribution in [2.75, 3.05) is 25.0 Å². The number of fused-ring (bicyclic) bond motifs is 2. The monoisotopic (exact) mass is 395 g/mol. The Morgan fingerprint density at radius 2 is 1.96 bits per heavy atom. The lowest BCUT2D eigenvalue weighted by atomic mass is 10.0. The van der Waals surface area contributed by atoms with Crippen molar-refractivity contribution in [2.24, 2.45) is 0 Å². The highest BCUT2D eigenvalue weighted by atomic mass is 32.2. The van der Waals surface area contributed by atoms with Crippen LogP contribution in [0, 0.1) is 0 Å². The molecule has 28 heavy (non-hydrogen) atoms. The number of likely N-dealkylation sites (N-methyl/N-ethyl adjacent to an activating group) is 1. The van der Waals surface area contributed by atoms with Crippen LogP contribution in [-0.2, 0) is 21.2 Å². The highest BCUT2D eigenvalue weighted by Gasteiger charge is 2.28. The van der Waals surface area contributed by atoms with Crippen LogP contribution in [0.25, 0.3) is 10.8 Å². The van der Waals surface area contributed by atoms with E-state index in [0.717, 1.165) is 33.8 Å². The van der Waals surface area contributed by atoms with Crippen LogP contribution in [0.1, 0.15) is 12.0 Å². The van der Waals surface area contributed by atoms with Gasteiger partial charge >= 0.3 is 0 Å². The summed E-state index contributed by atoms with van der Waals surface area (Å²) < 4.78 is 27.4. The zero-order valence-electron chi connectivity index (χ0n) is 15.6. The lowest BCUT2D eigenvalue weighted by Gasteiger charge is -2.30. The van der Waals surface area contributed by atoms with Gasteiger partial charge in [-0.15, -0.1) is 0 Å². The van der Waals surface area contributed by atoms with E-state index >= 15 is 0 Å². The maximum Gasteiger partial charge on any atom is 0.243 e. The summed E-state index contributed by atoms with van der Waals surface area (Å²) >= 11 is 0. The molecule has 1 aliphatic heterocycles. The first-order valence-electron chi connectivity index (χ1n) is 9.16.